The highest BCUT2D eigenvalue weighted by Crippen LogP contribution is 1.95. The first-order valence-electron chi connectivity index (χ1n) is 5.49. The van der Waals surface area contributed by atoms with Gasteiger partial charge in [0.2, 0.25) is 5.91 Å². The third-order valence-electron chi connectivity index (χ3n) is 2.11. The maximum atomic E-state index is 11.2. The molecule has 112 valence electrons. The lowest BCUT2D eigenvalue weighted by atomic mass is 10.2. The molecule has 0 aromatic heterocycles. The summed E-state index contributed by atoms with van der Waals surface area (Å²) >= 11 is 0. The van der Waals surface area contributed by atoms with Crippen molar-refractivity contribution in [3.05, 3.63) is 0 Å². The maximum absolute atomic E-state index is 11.2. The number of rotatable bonds is 8. The third-order valence-corrected chi connectivity index (χ3v) is 2.11. The smallest absolute Gasteiger partial charge is 0.394 e. The largest absolute Gasteiger partial charge is 0.481 e. The van der Waals surface area contributed by atoms with Crippen molar-refractivity contribution in [2.24, 2.45) is 0 Å². The van der Waals surface area contributed by atoms with Crippen molar-refractivity contribution < 1.29 is 39.3 Å². The van der Waals surface area contributed by atoms with Gasteiger partial charge in [0.1, 0.15) is 6.04 Å². The van der Waals surface area contributed by atoms with E-state index in [0.29, 0.717) is 0 Å². The molecule has 2 amide bonds. The zero-order valence-electron chi connectivity index (χ0n) is 10.3. The Hall–Kier alpha value is -2.65. The molecule has 1 atom stereocenters. The minimum Gasteiger partial charge on any atom is -0.481 e. The lowest BCUT2D eigenvalue weighted by Crippen LogP contribution is -2.43. The first-order chi connectivity index (χ1) is 9.23. The van der Waals surface area contributed by atoms with Gasteiger partial charge in [0.25, 0.3) is 0 Å². The van der Waals surface area contributed by atoms with Crippen LogP contribution in [0.2, 0.25) is 0 Å². The second kappa shape index (κ2) is 8.45. The quantitative estimate of drug-likeness (QED) is 0.320. The monoisotopic (exact) mass is 290 g/mol. The van der Waals surface area contributed by atoms with Crippen LogP contribution in [0, 0.1) is 0 Å². The van der Waals surface area contributed by atoms with E-state index in [9.17, 15) is 24.0 Å². The molecule has 0 aromatic carbocycles. The van der Waals surface area contributed by atoms with E-state index >= 15 is 0 Å². The van der Waals surface area contributed by atoms with Crippen LogP contribution in [0.15, 0.2) is 0 Å². The van der Waals surface area contributed by atoms with E-state index in [0.717, 1.165) is 0 Å². The lowest BCUT2D eigenvalue weighted by molar-refractivity contribution is -0.150. The van der Waals surface area contributed by atoms with Crippen molar-refractivity contribution >= 4 is 29.7 Å². The van der Waals surface area contributed by atoms with Crippen molar-refractivity contribution in [1.82, 2.24) is 10.6 Å². The molecule has 0 unspecified atom stereocenters. The number of nitrogens with one attached hydrogen (secondary N) is 2. The van der Waals surface area contributed by atoms with Crippen molar-refractivity contribution in [2.45, 2.75) is 25.3 Å². The predicted molar refractivity (Wildman–Crippen MR) is 61.7 cm³/mol. The number of hydrogen-bond acceptors (Lipinski definition) is 5. The lowest BCUT2D eigenvalue weighted by Gasteiger charge is -2.14. The van der Waals surface area contributed by atoms with Crippen molar-refractivity contribution in [3.63, 3.8) is 0 Å². The van der Waals surface area contributed by atoms with Crippen LogP contribution >= 0.6 is 0 Å². The molecule has 0 saturated heterocycles. The molecule has 0 saturated carbocycles. The fraction of sp³-hybridized carbons (Fsp3) is 0.500. The van der Waals surface area contributed by atoms with Crippen LogP contribution < -0.4 is 10.6 Å². The van der Waals surface area contributed by atoms with Crippen LogP contribution in [0.5, 0.6) is 0 Å². The van der Waals surface area contributed by atoms with Gasteiger partial charge in [-0.2, -0.15) is 0 Å². The van der Waals surface area contributed by atoms with Gasteiger partial charge < -0.3 is 26.0 Å². The summed E-state index contributed by atoms with van der Waals surface area (Å²) < 4.78 is 0. The van der Waals surface area contributed by atoms with E-state index in [2.05, 4.69) is 5.32 Å². The van der Waals surface area contributed by atoms with Gasteiger partial charge in [0, 0.05) is 13.0 Å². The zero-order chi connectivity index (χ0) is 15.7. The average Bonchev–Trinajstić information content (AvgIpc) is 2.34. The minimum atomic E-state index is -1.71. The van der Waals surface area contributed by atoms with Crippen molar-refractivity contribution in [1.29, 1.82) is 0 Å². The summed E-state index contributed by atoms with van der Waals surface area (Å²) in [6.07, 6.45) is -1.04. The molecule has 0 aromatic rings. The zero-order valence-corrected chi connectivity index (χ0v) is 10.3. The molecule has 10 nitrogen and oxygen atoms in total. The molecule has 0 heterocycles. The van der Waals surface area contributed by atoms with Gasteiger partial charge in [-0.1, -0.05) is 0 Å². The summed E-state index contributed by atoms with van der Waals surface area (Å²) in [4.78, 5) is 53.2. The molecule has 0 bridgehead atoms. The first-order valence-corrected chi connectivity index (χ1v) is 5.49. The van der Waals surface area contributed by atoms with Crippen LogP contribution in [0.3, 0.4) is 0 Å². The molecule has 0 aliphatic carbocycles. The number of carboxylic acids is 3. The molecular weight excluding hydrogens is 276 g/mol. The van der Waals surface area contributed by atoms with Gasteiger partial charge in [-0.15, -0.1) is 0 Å². The topological polar surface area (TPSA) is 170 Å². The summed E-state index contributed by atoms with van der Waals surface area (Å²) in [6.45, 7) is -0.263. The molecule has 10 heteroatoms. The maximum Gasteiger partial charge on any atom is 0.394 e. The van der Waals surface area contributed by atoms with Gasteiger partial charge in [-0.3, -0.25) is 14.4 Å². The molecule has 0 aliphatic rings. The molecule has 0 rings (SSSR count). The van der Waals surface area contributed by atoms with Gasteiger partial charge >= 0.3 is 23.8 Å². The first kappa shape index (κ1) is 17.4. The Balaban J connectivity index is 4.20. The minimum absolute atomic E-state index is 0.229. The second-order valence-corrected chi connectivity index (χ2v) is 3.70. The molecular formula is C10H14N2O8. The SMILES string of the molecule is O=C(O)CCC(=O)N[C@@H](CCNC(=O)C(=O)O)C(=O)O. The highest BCUT2D eigenvalue weighted by Gasteiger charge is 2.20. The fourth-order valence-electron chi connectivity index (χ4n) is 1.15. The Morgan fingerprint density at radius 1 is 0.950 bits per heavy atom. The van der Waals surface area contributed by atoms with E-state index in [1.807, 2.05) is 5.32 Å². The normalized spacial score (nSPS) is 11.2. The highest BCUT2D eigenvalue weighted by molar-refractivity contribution is 6.31. The fourth-order valence-corrected chi connectivity index (χ4v) is 1.15. The summed E-state index contributed by atoms with van der Waals surface area (Å²) in [7, 11) is 0. The van der Waals surface area contributed by atoms with Gasteiger partial charge in [-0.25, -0.2) is 9.59 Å². The Morgan fingerprint density at radius 2 is 1.55 bits per heavy atom. The Bertz CT molecular complexity index is 419. The summed E-state index contributed by atoms with van der Waals surface area (Å²) in [5.41, 5.74) is 0. The second-order valence-electron chi connectivity index (χ2n) is 3.70. The van der Waals surface area contributed by atoms with E-state index in [4.69, 9.17) is 15.3 Å². The highest BCUT2D eigenvalue weighted by atomic mass is 16.4. The van der Waals surface area contributed by atoms with Gasteiger partial charge in [0.15, 0.2) is 0 Å². The van der Waals surface area contributed by atoms with Crippen LogP contribution in [0.1, 0.15) is 19.3 Å². The Labute approximate surface area is 112 Å². The van der Waals surface area contributed by atoms with Gasteiger partial charge in [-0.05, 0) is 6.42 Å². The molecule has 0 fully saturated rings. The number of carboxylic acid groups (broad SMARTS) is 3. The summed E-state index contributed by atoms with van der Waals surface area (Å²) in [5.74, 6) is -6.32. The Morgan fingerprint density at radius 3 is 2.00 bits per heavy atom. The van der Waals surface area contributed by atoms with E-state index in [1.165, 1.54) is 0 Å². The number of carbonyl (C=O) groups is 5. The van der Waals surface area contributed by atoms with Crippen LogP contribution in [0.25, 0.3) is 0 Å². The Kier molecular flexibility index (Phi) is 7.33. The summed E-state index contributed by atoms with van der Waals surface area (Å²) in [6, 6.07) is -1.34. The number of carbonyl (C=O) groups excluding carboxylic acids is 2. The van der Waals surface area contributed by atoms with Crippen LogP contribution in [0.4, 0.5) is 0 Å². The van der Waals surface area contributed by atoms with Crippen molar-refractivity contribution in [2.75, 3.05) is 6.54 Å². The predicted octanol–water partition coefficient (Wildman–Crippen LogP) is -1.99. The molecule has 0 radical (unpaired) electrons. The molecule has 0 spiro atoms. The molecule has 5 N–H and O–H groups in total. The van der Waals surface area contributed by atoms with E-state index in [-0.39, 0.29) is 19.4 Å². The van der Waals surface area contributed by atoms with Gasteiger partial charge in [0.05, 0.1) is 6.42 Å². The number of aliphatic carboxylic acids is 3. The van der Waals surface area contributed by atoms with Crippen LogP contribution in [-0.4, -0.2) is 57.6 Å². The number of amides is 2. The summed E-state index contributed by atoms with van der Waals surface area (Å²) in [5, 5.41) is 29.5. The molecule has 0 aliphatic heterocycles. The molecule has 20 heavy (non-hydrogen) atoms. The van der Waals surface area contributed by atoms with Crippen LogP contribution in [-0.2, 0) is 24.0 Å². The van der Waals surface area contributed by atoms with E-state index < -0.39 is 42.2 Å². The van der Waals surface area contributed by atoms with Crippen molar-refractivity contribution in [3.8, 4) is 0 Å². The number of hydrogen-bond donors (Lipinski definition) is 5. The average molecular weight is 290 g/mol. The third kappa shape index (κ3) is 7.63. The standard InChI is InChI=1S/C10H14N2O8/c13-6(1-2-7(14)15)12-5(9(17)18)3-4-11-8(16)10(19)20/h5H,1-4H2,(H,11,16)(H,12,13)(H,14,15)(H,17,18)(H,19,20)/t5-/m0/s1. The van der Waals surface area contributed by atoms with E-state index in [1.54, 1.807) is 0 Å².